The van der Waals surface area contributed by atoms with Crippen molar-refractivity contribution in [2.75, 3.05) is 13.1 Å². The minimum absolute atomic E-state index is 0.0614. The lowest BCUT2D eigenvalue weighted by Crippen LogP contribution is -2.41. The van der Waals surface area contributed by atoms with E-state index in [9.17, 15) is 4.79 Å². The van der Waals surface area contributed by atoms with Gasteiger partial charge >= 0.3 is 0 Å². The lowest BCUT2D eigenvalue weighted by Gasteiger charge is -2.32. The Morgan fingerprint density at radius 2 is 2.42 bits per heavy atom. The zero-order valence-electron chi connectivity index (χ0n) is 10.8. The van der Waals surface area contributed by atoms with Crippen LogP contribution in [0.5, 0.6) is 0 Å². The highest BCUT2D eigenvalue weighted by atomic mass is 16.5. The molecule has 100 valence electrons. The summed E-state index contributed by atoms with van der Waals surface area (Å²) in [5.41, 5.74) is 0.388. The van der Waals surface area contributed by atoms with Crippen molar-refractivity contribution >= 4 is 5.91 Å². The molecule has 1 aliphatic heterocycles. The van der Waals surface area contributed by atoms with Gasteiger partial charge in [0, 0.05) is 31.5 Å². The molecule has 0 N–H and O–H groups in total. The second-order valence-corrected chi connectivity index (χ2v) is 4.86. The maximum atomic E-state index is 12.3. The fourth-order valence-electron chi connectivity index (χ4n) is 2.48. The van der Waals surface area contributed by atoms with E-state index in [0.717, 1.165) is 19.4 Å². The third kappa shape index (κ3) is 2.38. The summed E-state index contributed by atoms with van der Waals surface area (Å²) in [6.07, 6.45) is 5.73. The van der Waals surface area contributed by atoms with E-state index >= 15 is 0 Å². The number of aryl methyl sites for hydroxylation is 1. The summed E-state index contributed by atoms with van der Waals surface area (Å²) in [6, 6.07) is 3.84. The second-order valence-electron chi connectivity index (χ2n) is 4.86. The first kappa shape index (κ1) is 12.0. The lowest BCUT2D eigenvalue weighted by molar-refractivity contribution is 0.0662. The van der Waals surface area contributed by atoms with Gasteiger partial charge in [-0.05, 0) is 25.8 Å². The summed E-state index contributed by atoms with van der Waals surface area (Å²) >= 11 is 0. The molecule has 0 bridgehead atoms. The minimum atomic E-state index is -0.0614. The van der Waals surface area contributed by atoms with Crippen LogP contribution in [-0.4, -0.2) is 38.8 Å². The number of carbonyl (C=O) groups excluding carboxylic acids is 1. The Bertz CT molecular complexity index is 561. The molecule has 1 aliphatic rings. The summed E-state index contributed by atoms with van der Waals surface area (Å²) in [7, 11) is 0. The first-order valence-corrected chi connectivity index (χ1v) is 6.46. The molecule has 1 amide bonds. The van der Waals surface area contributed by atoms with Gasteiger partial charge in [-0.25, -0.2) is 0 Å². The molecule has 0 radical (unpaired) electrons. The Morgan fingerprint density at radius 3 is 3.11 bits per heavy atom. The number of hydrogen-bond donors (Lipinski definition) is 0. The zero-order valence-corrected chi connectivity index (χ0v) is 10.8. The summed E-state index contributed by atoms with van der Waals surface area (Å²) in [5, 5.41) is 8.05. The molecule has 1 saturated heterocycles. The number of likely N-dealkylation sites (tertiary alicyclic amines) is 1. The largest absolute Gasteiger partial charge is 0.361 e. The molecule has 0 unspecified atom stereocenters. The maximum Gasteiger partial charge on any atom is 0.276 e. The van der Waals surface area contributed by atoms with Crippen molar-refractivity contribution in [2.45, 2.75) is 25.8 Å². The van der Waals surface area contributed by atoms with Crippen LogP contribution in [0, 0.1) is 6.92 Å². The van der Waals surface area contributed by atoms with Crippen LogP contribution < -0.4 is 0 Å². The van der Waals surface area contributed by atoms with Gasteiger partial charge in [0.15, 0.2) is 5.69 Å². The molecule has 3 rings (SSSR count). The molecule has 1 atom stereocenters. The average molecular weight is 260 g/mol. The van der Waals surface area contributed by atoms with E-state index in [-0.39, 0.29) is 11.9 Å². The van der Waals surface area contributed by atoms with E-state index in [1.165, 1.54) is 0 Å². The Kier molecular flexibility index (Phi) is 3.06. The van der Waals surface area contributed by atoms with Crippen LogP contribution in [-0.2, 0) is 0 Å². The number of rotatable bonds is 2. The molecule has 0 aliphatic carbocycles. The van der Waals surface area contributed by atoms with Gasteiger partial charge in [0.1, 0.15) is 5.76 Å². The standard InChI is InChI=1S/C13H16N4O2/c1-10-8-12(15-19-10)13(18)16-6-2-4-11(9-16)17-7-3-5-14-17/h3,5,7-8,11H,2,4,6,9H2,1H3/t11-/m0/s1. The highest BCUT2D eigenvalue weighted by Crippen LogP contribution is 2.22. The molecule has 2 aromatic heterocycles. The Hall–Kier alpha value is -2.11. The van der Waals surface area contributed by atoms with Crippen molar-refractivity contribution in [3.63, 3.8) is 0 Å². The molecule has 19 heavy (non-hydrogen) atoms. The number of carbonyl (C=O) groups is 1. The normalized spacial score (nSPS) is 19.6. The van der Waals surface area contributed by atoms with Crippen molar-refractivity contribution in [1.82, 2.24) is 19.8 Å². The maximum absolute atomic E-state index is 12.3. The van der Waals surface area contributed by atoms with Crippen LogP contribution in [0.1, 0.15) is 35.1 Å². The van der Waals surface area contributed by atoms with Gasteiger partial charge in [-0.15, -0.1) is 0 Å². The quantitative estimate of drug-likeness (QED) is 0.823. The molecule has 1 fully saturated rings. The second kappa shape index (κ2) is 4.87. The smallest absolute Gasteiger partial charge is 0.276 e. The summed E-state index contributed by atoms with van der Waals surface area (Å²) in [4.78, 5) is 14.1. The number of nitrogens with zero attached hydrogens (tertiary/aromatic N) is 4. The summed E-state index contributed by atoms with van der Waals surface area (Å²) in [6.45, 7) is 3.22. The highest BCUT2D eigenvalue weighted by molar-refractivity contribution is 5.92. The summed E-state index contributed by atoms with van der Waals surface area (Å²) < 4.78 is 6.88. The van der Waals surface area contributed by atoms with Gasteiger partial charge < -0.3 is 9.42 Å². The molecule has 6 heteroatoms. The van der Waals surface area contributed by atoms with E-state index in [4.69, 9.17) is 4.52 Å². The Balaban J connectivity index is 1.73. The van der Waals surface area contributed by atoms with Crippen molar-refractivity contribution in [3.8, 4) is 0 Å². The third-order valence-electron chi connectivity index (χ3n) is 3.43. The monoisotopic (exact) mass is 260 g/mol. The van der Waals surface area contributed by atoms with Gasteiger partial charge in [-0.3, -0.25) is 9.48 Å². The first-order valence-electron chi connectivity index (χ1n) is 6.46. The van der Waals surface area contributed by atoms with Crippen LogP contribution in [0.2, 0.25) is 0 Å². The summed E-state index contributed by atoms with van der Waals surface area (Å²) in [5.74, 6) is 0.595. The van der Waals surface area contributed by atoms with Crippen molar-refractivity contribution < 1.29 is 9.32 Å². The van der Waals surface area contributed by atoms with Gasteiger partial charge in [-0.2, -0.15) is 5.10 Å². The number of hydrogen-bond acceptors (Lipinski definition) is 4. The van der Waals surface area contributed by atoms with Gasteiger partial charge in [-0.1, -0.05) is 5.16 Å². The minimum Gasteiger partial charge on any atom is -0.361 e. The van der Waals surface area contributed by atoms with Crippen molar-refractivity contribution in [1.29, 1.82) is 0 Å². The van der Waals surface area contributed by atoms with Crippen LogP contribution in [0.15, 0.2) is 29.0 Å². The molecular formula is C13H16N4O2. The van der Waals surface area contributed by atoms with Gasteiger partial charge in [0.2, 0.25) is 0 Å². The number of aromatic nitrogens is 3. The number of piperidine rings is 1. The number of amides is 1. The fourth-order valence-corrected chi connectivity index (χ4v) is 2.48. The Morgan fingerprint density at radius 1 is 1.53 bits per heavy atom. The molecular weight excluding hydrogens is 244 g/mol. The topological polar surface area (TPSA) is 64.2 Å². The van der Waals surface area contributed by atoms with E-state index < -0.39 is 0 Å². The van der Waals surface area contributed by atoms with Crippen LogP contribution >= 0.6 is 0 Å². The van der Waals surface area contributed by atoms with Crippen LogP contribution in [0.25, 0.3) is 0 Å². The molecule has 2 aromatic rings. The zero-order chi connectivity index (χ0) is 13.2. The predicted octanol–water partition coefficient (Wildman–Crippen LogP) is 1.66. The predicted molar refractivity (Wildman–Crippen MR) is 67.6 cm³/mol. The van der Waals surface area contributed by atoms with Gasteiger partial charge in [0.05, 0.1) is 6.04 Å². The van der Waals surface area contributed by atoms with E-state index in [1.54, 1.807) is 19.2 Å². The van der Waals surface area contributed by atoms with Crippen LogP contribution in [0.4, 0.5) is 0 Å². The molecule has 0 saturated carbocycles. The molecule has 6 nitrogen and oxygen atoms in total. The van der Waals surface area contributed by atoms with E-state index in [2.05, 4.69) is 10.3 Å². The first-order chi connectivity index (χ1) is 9.24. The average Bonchev–Trinajstić information content (AvgIpc) is 3.09. The highest BCUT2D eigenvalue weighted by Gasteiger charge is 2.27. The molecule has 0 aromatic carbocycles. The lowest BCUT2D eigenvalue weighted by atomic mass is 10.1. The van der Waals surface area contributed by atoms with Crippen molar-refractivity contribution in [3.05, 3.63) is 36.0 Å². The Labute approximate surface area is 111 Å². The van der Waals surface area contributed by atoms with Crippen molar-refractivity contribution in [2.24, 2.45) is 0 Å². The SMILES string of the molecule is Cc1cc(C(=O)N2CCC[C@H](n3cccn3)C2)no1. The molecule has 0 spiro atoms. The third-order valence-corrected chi connectivity index (χ3v) is 3.43. The van der Waals surface area contributed by atoms with E-state index in [0.29, 0.717) is 18.0 Å². The fraction of sp³-hybridized carbons (Fsp3) is 0.462. The molecule has 3 heterocycles. The van der Waals surface area contributed by atoms with E-state index in [1.807, 2.05) is 21.8 Å². The van der Waals surface area contributed by atoms with Gasteiger partial charge in [0.25, 0.3) is 5.91 Å². The van der Waals surface area contributed by atoms with Crippen LogP contribution in [0.3, 0.4) is 0 Å².